The van der Waals surface area contributed by atoms with Crippen LogP contribution in [0.3, 0.4) is 0 Å². The second-order valence-electron chi connectivity index (χ2n) is 5.73. The first-order chi connectivity index (χ1) is 12.6. The van der Waals surface area contributed by atoms with Gasteiger partial charge in [0.15, 0.2) is 5.13 Å². The molecule has 1 saturated heterocycles. The molecule has 1 aromatic carbocycles. The fraction of sp³-hybridized carbons (Fsp3) is 0.353. The van der Waals surface area contributed by atoms with Crippen LogP contribution in [0.25, 0.3) is 0 Å². The highest BCUT2D eigenvalue weighted by Gasteiger charge is 2.22. The first-order valence-electron chi connectivity index (χ1n) is 8.17. The van der Waals surface area contributed by atoms with Crippen molar-refractivity contribution in [3.8, 4) is 0 Å². The normalized spacial score (nSPS) is 14.3. The van der Waals surface area contributed by atoms with E-state index in [-0.39, 0.29) is 29.1 Å². The minimum atomic E-state index is -0.349. The number of hydrogen-bond donors (Lipinski definition) is 1. The van der Waals surface area contributed by atoms with Crippen molar-refractivity contribution in [2.45, 2.75) is 0 Å². The predicted octanol–water partition coefficient (Wildman–Crippen LogP) is 2.30. The zero-order valence-corrected chi connectivity index (χ0v) is 15.7. The van der Waals surface area contributed by atoms with E-state index >= 15 is 0 Å². The number of piperazine rings is 1. The van der Waals surface area contributed by atoms with Crippen molar-refractivity contribution in [1.82, 2.24) is 9.88 Å². The van der Waals surface area contributed by atoms with Gasteiger partial charge in [0.25, 0.3) is 0 Å². The third kappa shape index (κ3) is 5.18. The number of aromatic nitrogens is 1. The van der Waals surface area contributed by atoms with E-state index in [0.717, 1.165) is 18.2 Å². The molecule has 1 fully saturated rings. The molecule has 0 unspecified atom stereocenters. The molecule has 0 spiro atoms. The van der Waals surface area contributed by atoms with Gasteiger partial charge in [-0.1, -0.05) is 0 Å². The maximum absolute atomic E-state index is 12.8. The Hall–Kier alpha value is -2.13. The smallest absolute Gasteiger partial charge is 0.234 e. The van der Waals surface area contributed by atoms with Crippen molar-refractivity contribution in [3.63, 3.8) is 0 Å². The van der Waals surface area contributed by atoms with Crippen molar-refractivity contribution in [2.24, 2.45) is 0 Å². The number of hydrogen-bond acceptors (Lipinski definition) is 6. The molecule has 2 amide bonds. The number of thiazole rings is 1. The summed E-state index contributed by atoms with van der Waals surface area (Å²) in [6.07, 6.45) is 1.78. The molecule has 1 aliphatic heterocycles. The third-order valence-corrected chi connectivity index (χ3v) is 5.66. The molecule has 0 aliphatic carbocycles. The summed E-state index contributed by atoms with van der Waals surface area (Å²) in [5.41, 5.74) is 0.543. The lowest BCUT2D eigenvalue weighted by molar-refractivity contribution is -0.128. The van der Waals surface area contributed by atoms with E-state index in [2.05, 4.69) is 15.2 Å². The van der Waals surface area contributed by atoms with E-state index in [1.165, 1.54) is 36.0 Å². The molecule has 6 nitrogen and oxygen atoms in total. The number of rotatable bonds is 6. The maximum atomic E-state index is 12.8. The van der Waals surface area contributed by atoms with E-state index < -0.39 is 0 Å². The van der Waals surface area contributed by atoms with Crippen LogP contribution in [0.1, 0.15) is 0 Å². The molecular formula is C17H19FN4O2S2. The Morgan fingerprint density at radius 2 is 1.88 bits per heavy atom. The number of thioether (sulfide) groups is 1. The van der Waals surface area contributed by atoms with Gasteiger partial charge in [-0.3, -0.25) is 9.59 Å². The minimum absolute atomic E-state index is 0.0448. The van der Waals surface area contributed by atoms with Crippen molar-refractivity contribution >= 4 is 45.7 Å². The minimum Gasteiger partial charge on any atom is -0.345 e. The summed E-state index contributed by atoms with van der Waals surface area (Å²) < 4.78 is 12.8. The van der Waals surface area contributed by atoms with Gasteiger partial charge in [0.2, 0.25) is 11.8 Å². The van der Waals surface area contributed by atoms with Gasteiger partial charge in [-0.15, -0.1) is 23.1 Å². The average Bonchev–Trinajstić information content (AvgIpc) is 3.18. The molecule has 1 N–H and O–H groups in total. The number of nitrogens with one attached hydrogen (secondary N) is 1. The molecule has 0 atom stereocenters. The molecule has 0 radical (unpaired) electrons. The number of carbonyl (C=O) groups excluding carboxylic acids is 2. The first kappa shape index (κ1) is 18.7. The molecular weight excluding hydrogens is 375 g/mol. The van der Waals surface area contributed by atoms with Crippen LogP contribution in [0.4, 0.5) is 15.2 Å². The summed E-state index contributed by atoms with van der Waals surface area (Å²) >= 11 is 2.88. The van der Waals surface area contributed by atoms with Crippen LogP contribution in [-0.2, 0) is 9.59 Å². The molecule has 1 aromatic heterocycles. The average molecular weight is 394 g/mol. The fourth-order valence-electron chi connectivity index (χ4n) is 2.57. The van der Waals surface area contributed by atoms with Gasteiger partial charge in [-0.2, -0.15) is 0 Å². The van der Waals surface area contributed by atoms with E-state index in [1.54, 1.807) is 17.5 Å². The predicted molar refractivity (Wildman–Crippen MR) is 103 cm³/mol. The van der Waals surface area contributed by atoms with Gasteiger partial charge in [-0.25, -0.2) is 9.37 Å². The van der Waals surface area contributed by atoms with Gasteiger partial charge < -0.3 is 15.1 Å². The highest BCUT2D eigenvalue weighted by Crippen LogP contribution is 2.19. The molecule has 138 valence electrons. The molecule has 0 bridgehead atoms. The van der Waals surface area contributed by atoms with Crippen LogP contribution in [0.2, 0.25) is 0 Å². The van der Waals surface area contributed by atoms with Crippen molar-refractivity contribution in [2.75, 3.05) is 47.9 Å². The lowest BCUT2D eigenvalue weighted by Crippen LogP contribution is -2.49. The van der Waals surface area contributed by atoms with E-state index in [1.807, 2.05) is 10.3 Å². The Balaban J connectivity index is 1.35. The van der Waals surface area contributed by atoms with Crippen LogP contribution < -0.4 is 10.2 Å². The zero-order valence-electron chi connectivity index (χ0n) is 14.1. The van der Waals surface area contributed by atoms with Crippen LogP contribution in [0.5, 0.6) is 0 Å². The highest BCUT2D eigenvalue weighted by atomic mass is 32.2. The topological polar surface area (TPSA) is 65.5 Å². The van der Waals surface area contributed by atoms with Crippen LogP contribution in [0.15, 0.2) is 35.8 Å². The quantitative estimate of drug-likeness (QED) is 0.815. The lowest BCUT2D eigenvalue weighted by Gasteiger charge is -2.34. The van der Waals surface area contributed by atoms with Gasteiger partial charge in [0, 0.05) is 43.4 Å². The number of benzene rings is 1. The fourth-order valence-corrected chi connectivity index (χ4v) is 3.99. The first-order valence-corrected chi connectivity index (χ1v) is 10.2. The maximum Gasteiger partial charge on any atom is 0.234 e. The number of anilines is 2. The molecule has 2 aromatic rings. The Kier molecular flexibility index (Phi) is 6.45. The molecule has 9 heteroatoms. The Morgan fingerprint density at radius 1 is 1.15 bits per heavy atom. The Labute approximate surface area is 159 Å². The summed E-state index contributed by atoms with van der Waals surface area (Å²) in [7, 11) is 0. The number of carbonyl (C=O) groups is 2. The molecule has 26 heavy (non-hydrogen) atoms. The van der Waals surface area contributed by atoms with Crippen molar-refractivity contribution in [3.05, 3.63) is 41.7 Å². The number of nitrogens with zero attached hydrogens (tertiary/aromatic N) is 3. The molecule has 2 heterocycles. The van der Waals surface area contributed by atoms with Gasteiger partial charge in [0.1, 0.15) is 5.82 Å². The molecule has 1 aliphatic rings. The monoisotopic (exact) mass is 394 g/mol. The second kappa shape index (κ2) is 9.00. The number of amides is 2. The second-order valence-corrected chi connectivity index (χ2v) is 7.59. The van der Waals surface area contributed by atoms with Crippen LogP contribution in [-0.4, -0.2) is 59.4 Å². The van der Waals surface area contributed by atoms with Gasteiger partial charge >= 0.3 is 0 Å². The summed E-state index contributed by atoms with van der Waals surface area (Å²) in [4.78, 5) is 32.4. The SMILES string of the molecule is O=C(CSCC(=O)N1CCN(c2nccs2)CC1)Nc1ccc(F)cc1. The van der Waals surface area contributed by atoms with Crippen molar-refractivity contribution in [1.29, 1.82) is 0 Å². The Bertz CT molecular complexity index is 732. The lowest BCUT2D eigenvalue weighted by atomic mass is 10.3. The van der Waals surface area contributed by atoms with Crippen LogP contribution >= 0.6 is 23.1 Å². The summed E-state index contributed by atoms with van der Waals surface area (Å²) in [5, 5.41) is 5.61. The summed E-state index contributed by atoms with van der Waals surface area (Å²) in [5.74, 6) is -0.0553. The van der Waals surface area contributed by atoms with Crippen molar-refractivity contribution < 1.29 is 14.0 Å². The standard InChI is InChI=1S/C17H19FN4O2S2/c18-13-1-3-14(4-2-13)20-15(23)11-25-12-16(24)21-6-8-22(9-7-21)17-19-5-10-26-17/h1-5,10H,6-9,11-12H2,(H,20,23). The van der Waals surface area contributed by atoms with Gasteiger partial charge in [-0.05, 0) is 24.3 Å². The van der Waals surface area contributed by atoms with E-state index in [0.29, 0.717) is 18.8 Å². The summed E-state index contributed by atoms with van der Waals surface area (Å²) in [6, 6.07) is 5.59. The Morgan fingerprint density at radius 3 is 2.54 bits per heavy atom. The van der Waals surface area contributed by atoms with E-state index in [9.17, 15) is 14.0 Å². The summed E-state index contributed by atoms with van der Waals surface area (Å²) in [6.45, 7) is 2.88. The largest absolute Gasteiger partial charge is 0.345 e. The molecule has 0 saturated carbocycles. The third-order valence-electron chi connectivity index (χ3n) is 3.91. The van der Waals surface area contributed by atoms with E-state index in [4.69, 9.17) is 0 Å². The molecule has 3 rings (SSSR count). The highest BCUT2D eigenvalue weighted by molar-refractivity contribution is 8.00. The number of halogens is 1. The van der Waals surface area contributed by atoms with Gasteiger partial charge in [0.05, 0.1) is 11.5 Å². The zero-order chi connectivity index (χ0) is 18.4. The van der Waals surface area contributed by atoms with Crippen LogP contribution in [0, 0.1) is 5.82 Å².